The summed E-state index contributed by atoms with van der Waals surface area (Å²) in [6, 6.07) is 1.73. The van der Waals surface area contributed by atoms with Crippen LogP contribution in [0.25, 0.3) is 0 Å². The maximum Gasteiger partial charge on any atom is 0.231 e. The zero-order valence-electron chi connectivity index (χ0n) is 7.40. The second kappa shape index (κ2) is 3.12. The Morgan fingerprint density at radius 1 is 1.69 bits per heavy atom. The Morgan fingerprint density at radius 2 is 2.54 bits per heavy atom. The van der Waals surface area contributed by atoms with E-state index in [2.05, 4.69) is 16.3 Å². The van der Waals surface area contributed by atoms with Crippen molar-refractivity contribution in [1.82, 2.24) is 9.97 Å². The van der Waals surface area contributed by atoms with Gasteiger partial charge in [0, 0.05) is 18.7 Å². The highest BCUT2D eigenvalue weighted by molar-refractivity contribution is 5.95. The molecule has 0 N–H and O–H groups in total. The number of rotatable bonds is 1. The van der Waals surface area contributed by atoms with Gasteiger partial charge < -0.3 is 0 Å². The van der Waals surface area contributed by atoms with E-state index in [1.54, 1.807) is 17.2 Å². The van der Waals surface area contributed by atoms with Crippen molar-refractivity contribution in [2.45, 2.75) is 13.3 Å². The first-order chi connectivity index (χ1) is 6.29. The quantitative estimate of drug-likeness (QED) is 0.631. The highest BCUT2D eigenvalue weighted by atomic mass is 16.2. The molecule has 13 heavy (non-hydrogen) atoms. The number of hydrogen-bond donors (Lipinski definition) is 0. The Kier molecular flexibility index (Phi) is 1.96. The molecule has 67 valence electrons. The summed E-state index contributed by atoms with van der Waals surface area (Å²) in [4.78, 5) is 20.8. The molecule has 0 aromatic carbocycles. The molecule has 0 aliphatic carbocycles. The molecule has 0 bridgehead atoms. The van der Waals surface area contributed by atoms with E-state index >= 15 is 0 Å². The standard InChI is InChI=1S/C9H10N3O/c1-7-3-5-12(9(7)13)8-2-4-10-6-11-8/h2,4,7H,3,5H2,1H3. The van der Waals surface area contributed by atoms with Crippen LogP contribution in [0.5, 0.6) is 0 Å². The molecule has 0 saturated carbocycles. The molecule has 1 aromatic rings. The molecule has 1 aliphatic heterocycles. The second-order valence-corrected chi connectivity index (χ2v) is 3.19. The van der Waals surface area contributed by atoms with E-state index in [0.717, 1.165) is 13.0 Å². The topological polar surface area (TPSA) is 46.1 Å². The van der Waals surface area contributed by atoms with Gasteiger partial charge in [-0.05, 0) is 12.5 Å². The molecule has 1 radical (unpaired) electrons. The minimum absolute atomic E-state index is 0.120. The summed E-state index contributed by atoms with van der Waals surface area (Å²) < 4.78 is 0. The Bertz CT molecular complexity index is 312. The molecule has 1 aliphatic rings. The SMILES string of the molecule is CC1CCN(c2ccn[c]n2)C1=O. The van der Waals surface area contributed by atoms with Gasteiger partial charge in [-0.1, -0.05) is 6.92 Å². The van der Waals surface area contributed by atoms with E-state index in [-0.39, 0.29) is 11.8 Å². The predicted molar refractivity (Wildman–Crippen MR) is 47.0 cm³/mol. The van der Waals surface area contributed by atoms with Gasteiger partial charge in [-0.25, -0.2) is 9.97 Å². The lowest BCUT2D eigenvalue weighted by atomic mass is 10.1. The number of hydrogen-bond acceptors (Lipinski definition) is 3. The zero-order valence-corrected chi connectivity index (χ0v) is 7.40. The third-order valence-corrected chi connectivity index (χ3v) is 2.27. The third-order valence-electron chi connectivity index (χ3n) is 2.27. The van der Waals surface area contributed by atoms with Crippen LogP contribution in [0.15, 0.2) is 12.3 Å². The fraction of sp³-hybridized carbons (Fsp3) is 0.444. The Morgan fingerprint density at radius 3 is 3.08 bits per heavy atom. The van der Waals surface area contributed by atoms with Crippen molar-refractivity contribution < 1.29 is 4.79 Å². The van der Waals surface area contributed by atoms with E-state index in [1.165, 1.54) is 0 Å². The van der Waals surface area contributed by atoms with Crippen LogP contribution in [-0.4, -0.2) is 22.4 Å². The van der Waals surface area contributed by atoms with E-state index in [4.69, 9.17) is 0 Å². The minimum atomic E-state index is 0.120. The fourth-order valence-corrected chi connectivity index (χ4v) is 1.45. The molecule has 4 heteroatoms. The lowest BCUT2D eigenvalue weighted by molar-refractivity contribution is -0.119. The van der Waals surface area contributed by atoms with Gasteiger partial charge in [-0.2, -0.15) is 0 Å². The average Bonchev–Trinajstić information content (AvgIpc) is 2.49. The maximum atomic E-state index is 11.6. The first-order valence-corrected chi connectivity index (χ1v) is 4.29. The zero-order chi connectivity index (χ0) is 9.26. The monoisotopic (exact) mass is 176 g/mol. The lowest BCUT2D eigenvalue weighted by Gasteiger charge is -2.13. The molecule has 1 fully saturated rings. The van der Waals surface area contributed by atoms with Gasteiger partial charge in [0.1, 0.15) is 5.82 Å². The number of aromatic nitrogens is 2. The normalized spacial score (nSPS) is 22.4. The maximum absolute atomic E-state index is 11.6. The van der Waals surface area contributed by atoms with Crippen molar-refractivity contribution in [3.05, 3.63) is 18.6 Å². The fourth-order valence-electron chi connectivity index (χ4n) is 1.45. The highest BCUT2D eigenvalue weighted by Gasteiger charge is 2.29. The van der Waals surface area contributed by atoms with Crippen LogP contribution in [0, 0.1) is 12.2 Å². The van der Waals surface area contributed by atoms with E-state index < -0.39 is 0 Å². The van der Waals surface area contributed by atoms with E-state index in [1.807, 2.05) is 6.92 Å². The summed E-state index contributed by atoms with van der Waals surface area (Å²) in [5.41, 5.74) is 0. The number of carbonyl (C=O) groups is 1. The number of nitrogens with zero attached hydrogens (tertiary/aromatic N) is 3. The first kappa shape index (κ1) is 8.16. The van der Waals surface area contributed by atoms with Crippen molar-refractivity contribution in [3.8, 4) is 0 Å². The van der Waals surface area contributed by atoms with Crippen LogP contribution < -0.4 is 4.90 Å². The molecule has 1 unspecified atom stereocenters. The Labute approximate surface area is 76.6 Å². The van der Waals surface area contributed by atoms with E-state index in [9.17, 15) is 4.79 Å². The second-order valence-electron chi connectivity index (χ2n) is 3.19. The van der Waals surface area contributed by atoms with Crippen LogP contribution in [-0.2, 0) is 4.79 Å². The molecule has 1 atom stereocenters. The van der Waals surface area contributed by atoms with Crippen molar-refractivity contribution >= 4 is 11.7 Å². The van der Waals surface area contributed by atoms with Crippen LogP contribution >= 0.6 is 0 Å². The summed E-state index contributed by atoms with van der Waals surface area (Å²) in [5.74, 6) is 0.923. The average molecular weight is 176 g/mol. The Hall–Kier alpha value is -1.45. The van der Waals surface area contributed by atoms with Gasteiger partial charge in [0.25, 0.3) is 0 Å². The smallest absolute Gasteiger partial charge is 0.231 e. The van der Waals surface area contributed by atoms with Crippen molar-refractivity contribution in [2.24, 2.45) is 5.92 Å². The van der Waals surface area contributed by atoms with Gasteiger partial charge in [0.05, 0.1) is 0 Å². The summed E-state index contributed by atoms with van der Waals surface area (Å²) in [6.07, 6.45) is 4.98. The largest absolute Gasteiger partial charge is 0.296 e. The molecule has 1 aromatic heterocycles. The first-order valence-electron chi connectivity index (χ1n) is 4.29. The van der Waals surface area contributed by atoms with Crippen molar-refractivity contribution in [1.29, 1.82) is 0 Å². The van der Waals surface area contributed by atoms with Crippen LogP contribution in [0.4, 0.5) is 5.82 Å². The summed E-state index contributed by atoms with van der Waals surface area (Å²) in [5, 5.41) is 0. The van der Waals surface area contributed by atoms with Crippen molar-refractivity contribution in [2.75, 3.05) is 11.4 Å². The molecule has 4 nitrogen and oxygen atoms in total. The van der Waals surface area contributed by atoms with Gasteiger partial charge >= 0.3 is 0 Å². The molecular formula is C9H10N3O. The van der Waals surface area contributed by atoms with Gasteiger partial charge in [-0.15, -0.1) is 0 Å². The third kappa shape index (κ3) is 1.39. The minimum Gasteiger partial charge on any atom is -0.296 e. The Balaban J connectivity index is 2.24. The highest BCUT2D eigenvalue weighted by Crippen LogP contribution is 2.21. The van der Waals surface area contributed by atoms with Gasteiger partial charge in [0.2, 0.25) is 5.91 Å². The van der Waals surface area contributed by atoms with Gasteiger partial charge in [0.15, 0.2) is 6.33 Å². The summed E-state index contributed by atoms with van der Waals surface area (Å²) in [6.45, 7) is 2.69. The molecule has 2 heterocycles. The predicted octanol–water partition coefficient (Wildman–Crippen LogP) is 0.650. The molecule has 0 spiro atoms. The van der Waals surface area contributed by atoms with Crippen molar-refractivity contribution in [3.63, 3.8) is 0 Å². The molecule has 2 rings (SSSR count). The number of amides is 1. The van der Waals surface area contributed by atoms with Crippen LogP contribution in [0.2, 0.25) is 0 Å². The van der Waals surface area contributed by atoms with E-state index in [0.29, 0.717) is 5.82 Å². The van der Waals surface area contributed by atoms with Crippen LogP contribution in [0.1, 0.15) is 13.3 Å². The summed E-state index contributed by atoms with van der Waals surface area (Å²) in [7, 11) is 0. The van der Waals surface area contributed by atoms with Crippen LogP contribution in [0.3, 0.4) is 0 Å². The number of carbonyl (C=O) groups excluding carboxylic acids is 1. The number of anilines is 1. The summed E-state index contributed by atoms with van der Waals surface area (Å²) >= 11 is 0. The molecule has 1 amide bonds. The van der Waals surface area contributed by atoms with Gasteiger partial charge in [-0.3, -0.25) is 9.69 Å². The lowest BCUT2D eigenvalue weighted by Crippen LogP contribution is -2.26. The molecule has 1 saturated heterocycles. The molecular weight excluding hydrogens is 166 g/mol.